The minimum atomic E-state index is -4.89. The summed E-state index contributed by atoms with van der Waals surface area (Å²) < 4.78 is 45.7. The number of hydrogen-bond donors (Lipinski definition) is 2. The minimum Gasteiger partial charge on any atom is -0.744 e. The molecule has 0 aromatic heterocycles. The van der Waals surface area contributed by atoms with E-state index in [-0.39, 0.29) is 5.56 Å². The quantitative estimate of drug-likeness (QED) is 0.142. The summed E-state index contributed by atoms with van der Waals surface area (Å²) in [4.78, 5) is 26.1. The Balaban J connectivity index is 1.44. The van der Waals surface area contributed by atoms with Crippen molar-refractivity contribution in [1.29, 1.82) is 0 Å². The lowest BCUT2D eigenvalue weighted by Gasteiger charge is -2.26. The molecule has 0 amide bonds. The molecule has 0 bridgehead atoms. The van der Waals surface area contributed by atoms with Crippen molar-refractivity contribution in [1.82, 2.24) is 4.58 Å². The monoisotopic (exact) mass is 658 g/mol. The van der Waals surface area contributed by atoms with Crippen LogP contribution >= 0.6 is 0 Å². The number of para-hydroxylation sites is 2. The van der Waals surface area contributed by atoms with E-state index in [4.69, 9.17) is 4.42 Å². The number of nitrogens with zero attached hydrogens (tertiary/aromatic N) is 2. The first kappa shape index (κ1) is 29.6. The van der Waals surface area contributed by atoms with E-state index in [1.165, 1.54) is 12.1 Å². The highest BCUT2D eigenvalue weighted by Crippen LogP contribution is 2.45. The number of benzene rings is 5. The van der Waals surface area contributed by atoms with Crippen LogP contribution in [0.25, 0.3) is 33.4 Å². The van der Waals surface area contributed by atoms with E-state index in [2.05, 4.69) is 0 Å². The summed E-state index contributed by atoms with van der Waals surface area (Å²) >= 11 is 0. The number of anilines is 2. The number of fused-ring (bicyclic) bond motifs is 4. The Morgan fingerprint density at radius 3 is 2.29 bits per heavy atom. The minimum absolute atomic E-state index is 0.184. The molecule has 4 aliphatic rings. The first-order valence-corrected chi connectivity index (χ1v) is 16.6. The third-order valence-electron chi connectivity index (χ3n) is 9.19. The van der Waals surface area contributed by atoms with Gasteiger partial charge in [0.25, 0.3) is 6.04 Å². The maximum atomic E-state index is 12.5. The van der Waals surface area contributed by atoms with Crippen molar-refractivity contribution in [3.05, 3.63) is 126 Å². The fourth-order valence-electron chi connectivity index (χ4n) is 7.15. The van der Waals surface area contributed by atoms with E-state index in [0.29, 0.717) is 51.7 Å². The van der Waals surface area contributed by atoms with Gasteiger partial charge in [0.1, 0.15) is 27.5 Å². The van der Waals surface area contributed by atoms with E-state index >= 15 is 0 Å². The van der Waals surface area contributed by atoms with Crippen LogP contribution in [-0.2, 0) is 32.5 Å². The van der Waals surface area contributed by atoms with Crippen molar-refractivity contribution in [2.24, 2.45) is 0 Å². The SMILES string of the molecule is O=C(O)C1Cc2ccccc2N1c1ccc2c(-c3ccccc3S(=O)(=O)[O-])c3ccc(=[N+]4c5ccccc5CC4C(=O)O)cc-3oc2c1. The van der Waals surface area contributed by atoms with Gasteiger partial charge in [-0.15, -0.1) is 0 Å². The third kappa shape index (κ3) is 4.66. The van der Waals surface area contributed by atoms with Crippen LogP contribution in [0, 0.1) is 0 Å². The Morgan fingerprint density at radius 2 is 1.52 bits per heavy atom. The van der Waals surface area contributed by atoms with Gasteiger partial charge in [0.05, 0.1) is 17.4 Å². The number of aliphatic carboxylic acids is 2. The summed E-state index contributed by atoms with van der Waals surface area (Å²) in [5.41, 5.74) is 5.27. The van der Waals surface area contributed by atoms with Gasteiger partial charge in [0.15, 0.2) is 0 Å². The lowest BCUT2D eigenvalue weighted by molar-refractivity contribution is -0.139. The zero-order valence-corrected chi connectivity index (χ0v) is 25.9. The first-order valence-electron chi connectivity index (χ1n) is 15.2. The standard InChI is InChI=1S/C37H26N2O8S/c40-36(41)30-17-21-7-1-4-10-28(21)38(30)23-13-15-25-32(19-23)47-33-20-24(39-29-11-5-2-8-22(29)18-31(39)37(42)43)14-16-26(33)35(25)27-9-3-6-12-34(27)48(44,45)46/h1-16,19-20,30-31H,17-18H2,(H2-,40,41,42,43,44,45,46). The van der Waals surface area contributed by atoms with Crippen LogP contribution in [0.4, 0.5) is 17.1 Å². The van der Waals surface area contributed by atoms with Crippen LogP contribution in [0.3, 0.4) is 0 Å². The van der Waals surface area contributed by atoms with Crippen LogP contribution in [-0.4, -0.2) is 47.2 Å². The molecule has 2 atom stereocenters. The first-order chi connectivity index (χ1) is 23.1. The highest BCUT2D eigenvalue weighted by Gasteiger charge is 2.40. The van der Waals surface area contributed by atoms with Crippen LogP contribution in [0.15, 0.2) is 119 Å². The predicted octanol–water partition coefficient (Wildman–Crippen LogP) is 5.37. The number of carbonyl (C=O) groups is 2. The lowest BCUT2D eigenvalue weighted by Crippen LogP contribution is -2.38. The van der Waals surface area contributed by atoms with Crippen molar-refractivity contribution in [3.63, 3.8) is 0 Å². The van der Waals surface area contributed by atoms with Crippen LogP contribution in [0.1, 0.15) is 11.1 Å². The smallest absolute Gasteiger partial charge is 0.373 e. The molecule has 8 rings (SSSR count). The van der Waals surface area contributed by atoms with E-state index < -0.39 is 39.0 Å². The number of carboxylic acid groups (broad SMARTS) is 2. The zero-order valence-electron chi connectivity index (χ0n) is 25.1. The molecule has 2 N–H and O–H groups in total. The molecule has 10 nitrogen and oxygen atoms in total. The Bertz CT molecular complexity index is 2490. The van der Waals surface area contributed by atoms with Gasteiger partial charge in [-0.25, -0.2) is 18.0 Å². The van der Waals surface area contributed by atoms with Gasteiger partial charge < -0.3 is 24.1 Å². The molecule has 0 fully saturated rings. The maximum Gasteiger partial charge on any atom is 0.373 e. The number of hydrogen-bond acceptors (Lipinski definition) is 7. The molecule has 1 aliphatic carbocycles. The highest BCUT2D eigenvalue weighted by molar-refractivity contribution is 7.85. The van der Waals surface area contributed by atoms with Gasteiger partial charge in [-0.05, 0) is 35.9 Å². The largest absolute Gasteiger partial charge is 0.744 e. The van der Waals surface area contributed by atoms with Gasteiger partial charge in [0, 0.05) is 63.6 Å². The summed E-state index contributed by atoms with van der Waals surface area (Å²) in [5, 5.41) is 21.3. The second kappa shape index (κ2) is 10.9. The van der Waals surface area contributed by atoms with Crippen molar-refractivity contribution >= 4 is 50.1 Å². The fraction of sp³-hybridized carbons (Fsp3) is 0.108. The van der Waals surface area contributed by atoms with Gasteiger partial charge in [-0.2, -0.15) is 4.58 Å². The lowest BCUT2D eigenvalue weighted by atomic mass is 9.93. The number of carboxylic acids is 2. The summed E-state index contributed by atoms with van der Waals surface area (Å²) in [6, 6.07) is 29.6. The highest BCUT2D eigenvalue weighted by atomic mass is 32.2. The average molecular weight is 659 g/mol. The molecular weight excluding hydrogens is 632 g/mol. The van der Waals surface area contributed by atoms with Gasteiger partial charge in [-0.3, -0.25) is 0 Å². The molecule has 0 saturated carbocycles. The zero-order chi connectivity index (χ0) is 33.3. The Hall–Kier alpha value is -5.78. The van der Waals surface area contributed by atoms with Crippen LogP contribution in [0.2, 0.25) is 0 Å². The number of rotatable bonds is 5. The Kier molecular flexibility index (Phi) is 6.72. The van der Waals surface area contributed by atoms with E-state index in [1.54, 1.807) is 58.0 Å². The molecule has 48 heavy (non-hydrogen) atoms. The van der Waals surface area contributed by atoms with Crippen LogP contribution in [0.5, 0.6) is 0 Å². The molecule has 0 spiro atoms. The molecule has 3 aliphatic heterocycles. The summed E-state index contributed by atoms with van der Waals surface area (Å²) in [6.07, 6.45) is 0.619. The second-order valence-corrected chi connectivity index (χ2v) is 13.3. The molecule has 0 radical (unpaired) electrons. The molecule has 2 unspecified atom stereocenters. The summed E-state index contributed by atoms with van der Waals surface area (Å²) in [5.74, 6) is -1.66. The predicted molar refractivity (Wildman–Crippen MR) is 176 cm³/mol. The molecule has 4 aromatic rings. The van der Waals surface area contributed by atoms with Crippen molar-refractivity contribution in [2.75, 3.05) is 4.90 Å². The van der Waals surface area contributed by atoms with E-state index in [0.717, 1.165) is 22.5 Å². The molecule has 4 aromatic carbocycles. The topological polar surface area (TPSA) is 151 Å². The third-order valence-corrected chi connectivity index (χ3v) is 10.1. The Labute approximate surface area is 274 Å². The van der Waals surface area contributed by atoms with Crippen LogP contribution < -0.4 is 14.8 Å². The van der Waals surface area contributed by atoms with Gasteiger partial charge in [-0.1, -0.05) is 54.6 Å². The van der Waals surface area contributed by atoms with Gasteiger partial charge >= 0.3 is 11.9 Å². The maximum absolute atomic E-state index is 12.5. The molecule has 3 heterocycles. The Morgan fingerprint density at radius 1 is 0.792 bits per heavy atom. The molecule has 0 saturated heterocycles. The van der Waals surface area contributed by atoms with E-state index in [9.17, 15) is 32.8 Å². The fourth-order valence-corrected chi connectivity index (χ4v) is 7.84. The molecule has 11 heteroatoms. The summed E-state index contributed by atoms with van der Waals surface area (Å²) in [6.45, 7) is 0. The molecular formula is C37H26N2O8S. The van der Waals surface area contributed by atoms with Crippen molar-refractivity contribution < 1.29 is 37.2 Å². The second-order valence-electron chi connectivity index (χ2n) is 11.9. The normalized spacial score (nSPS) is 18.2. The van der Waals surface area contributed by atoms with E-state index in [1.807, 2.05) is 48.5 Å². The van der Waals surface area contributed by atoms with Crippen molar-refractivity contribution in [2.45, 2.75) is 29.8 Å². The van der Waals surface area contributed by atoms with Gasteiger partial charge in [0.2, 0.25) is 11.0 Å². The average Bonchev–Trinajstić information content (AvgIpc) is 3.66. The van der Waals surface area contributed by atoms with Crippen molar-refractivity contribution in [3.8, 4) is 22.5 Å². The summed E-state index contributed by atoms with van der Waals surface area (Å²) in [7, 11) is -4.89. The molecule has 238 valence electrons.